The fourth-order valence-electron chi connectivity index (χ4n) is 6.24. The summed E-state index contributed by atoms with van der Waals surface area (Å²) in [6, 6.07) is 0. The van der Waals surface area contributed by atoms with Crippen molar-refractivity contribution in [2.24, 2.45) is 27.0 Å². The number of amides is 2. The van der Waals surface area contributed by atoms with Crippen molar-refractivity contribution in [3.05, 3.63) is 36.0 Å². The quantitative estimate of drug-likeness (QED) is 0.0786. The molecular weight excluding hydrogens is 556 g/mol. The molecule has 2 aliphatic rings. The molecule has 0 aromatic rings. The van der Waals surface area contributed by atoms with Gasteiger partial charge in [-0.05, 0) is 102 Å². The first-order valence-electron chi connectivity index (χ1n) is 16.3. The number of rotatable bonds is 20. The molecule has 0 aromatic heterocycles. The SMILES string of the molecule is C=C(CCC(=O)NCCOCCCCCNC(=C)OC[C@@H]1[C@]2(C)CC/C(C)=C(/N=NC)CC[C@]12C)NCC(=O)NC(C)(C)C. The molecule has 2 rings (SSSR count). The predicted octanol–water partition coefficient (Wildman–Crippen LogP) is 5.74. The standard InChI is InChI=1S/C34H60N6O4/c1-25-15-17-33(7)29(34(33,8)18-16-28(25)40-35-9)24-44-27(3)36-19-11-10-12-21-43-22-20-37-30(41)14-13-26(2)38-23-31(42)39-32(4,5)6/h29,36,38H,2-3,10-24H2,1,4-9H3,(H,37,41)(H,39,42)/b28-25+,40-35?/t29-,33+,34-/m1/s1. The minimum Gasteiger partial charge on any atom is -0.479 e. The van der Waals surface area contributed by atoms with Crippen molar-refractivity contribution in [1.29, 1.82) is 0 Å². The van der Waals surface area contributed by atoms with Gasteiger partial charge in [-0.3, -0.25) is 9.59 Å². The fraction of sp³-hybridized carbons (Fsp3) is 0.765. The summed E-state index contributed by atoms with van der Waals surface area (Å²) in [5.41, 5.74) is 3.49. The van der Waals surface area contributed by atoms with Crippen LogP contribution >= 0.6 is 0 Å². The van der Waals surface area contributed by atoms with Gasteiger partial charge in [0.2, 0.25) is 11.8 Å². The Kier molecular flexibility index (Phi) is 14.9. The van der Waals surface area contributed by atoms with E-state index in [0.29, 0.717) is 62.1 Å². The Labute approximate surface area is 266 Å². The Morgan fingerprint density at radius 2 is 1.64 bits per heavy atom. The fourth-order valence-corrected chi connectivity index (χ4v) is 6.24. The van der Waals surface area contributed by atoms with E-state index in [-0.39, 0.29) is 29.3 Å². The van der Waals surface area contributed by atoms with Gasteiger partial charge < -0.3 is 30.7 Å². The van der Waals surface area contributed by atoms with Crippen LogP contribution in [-0.4, -0.2) is 63.9 Å². The maximum absolute atomic E-state index is 12.0. The summed E-state index contributed by atoms with van der Waals surface area (Å²) in [6.45, 7) is 24.1. The van der Waals surface area contributed by atoms with Crippen LogP contribution in [0.5, 0.6) is 0 Å². The second-order valence-electron chi connectivity index (χ2n) is 13.9. The van der Waals surface area contributed by atoms with Gasteiger partial charge in [0.1, 0.15) is 0 Å². The maximum atomic E-state index is 12.0. The minimum absolute atomic E-state index is 0.0561. The van der Waals surface area contributed by atoms with Gasteiger partial charge >= 0.3 is 0 Å². The molecule has 0 spiro atoms. The van der Waals surface area contributed by atoms with Crippen molar-refractivity contribution >= 4 is 11.8 Å². The number of nitrogens with zero attached hydrogens (tertiary/aromatic N) is 2. The predicted molar refractivity (Wildman–Crippen MR) is 177 cm³/mol. The highest BCUT2D eigenvalue weighted by Gasteiger charge is 2.69. The molecule has 0 heterocycles. The Morgan fingerprint density at radius 1 is 0.932 bits per heavy atom. The first-order chi connectivity index (χ1) is 20.7. The highest BCUT2D eigenvalue weighted by Crippen LogP contribution is 2.74. The van der Waals surface area contributed by atoms with Crippen LogP contribution in [0.4, 0.5) is 0 Å². The summed E-state index contributed by atoms with van der Waals surface area (Å²) >= 11 is 0. The molecule has 250 valence electrons. The van der Waals surface area contributed by atoms with Gasteiger partial charge in [0.25, 0.3) is 0 Å². The molecule has 1 saturated carbocycles. The maximum Gasteiger partial charge on any atom is 0.239 e. The van der Waals surface area contributed by atoms with E-state index in [1.165, 1.54) is 5.57 Å². The molecule has 0 aliphatic heterocycles. The molecule has 4 N–H and O–H groups in total. The molecule has 0 bridgehead atoms. The zero-order valence-corrected chi connectivity index (χ0v) is 28.6. The molecule has 2 aliphatic carbocycles. The lowest BCUT2D eigenvalue weighted by Crippen LogP contribution is -2.44. The van der Waals surface area contributed by atoms with Gasteiger partial charge in [0.15, 0.2) is 5.88 Å². The lowest BCUT2D eigenvalue weighted by atomic mass is 9.84. The van der Waals surface area contributed by atoms with E-state index in [4.69, 9.17) is 9.47 Å². The largest absolute Gasteiger partial charge is 0.479 e. The monoisotopic (exact) mass is 616 g/mol. The number of carbonyl (C=O) groups excluding carboxylic acids is 2. The van der Waals surface area contributed by atoms with E-state index in [9.17, 15) is 9.59 Å². The highest BCUT2D eigenvalue weighted by atomic mass is 16.5. The van der Waals surface area contributed by atoms with E-state index in [1.807, 2.05) is 20.8 Å². The van der Waals surface area contributed by atoms with Gasteiger partial charge in [-0.15, -0.1) is 0 Å². The number of ether oxygens (including phenoxy) is 2. The summed E-state index contributed by atoms with van der Waals surface area (Å²) in [5.74, 6) is 1.02. The second kappa shape index (κ2) is 17.6. The zero-order valence-electron chi connectivity index (χ0n) is 28.6. The molecule has 0 aromatic carbocycles. The Bertz CT molecular complexity index is 1050. The van der Waals surface area contributed by atoms with E-state index < -0.39 is 0 Å². The van der Waals surface area contributed by atoms with E-state index in [1.54, 1.807) is 7.05 Å². The third-order valence-corrected chi connectivity index (χ3v) is 9.32. The molecule has 2 amide bonds. The number of nitrogens with one attached hydrogen (secondary N) is 4. The average Bonchev–Trinajstić information content (AvgIpc) is 3.41. The first kappa shape index (κ1) is 37.3. The summed E-state index contributed by atoms with van der Waals surface area (Å²) in [6.07, 6.45) is 8.15. The van der Waals surface area contributed by atoms with Gasteiger partial charge in [0.05, 0.1) is 25.5 Å². The molecule has 10 nitrogen and oxygen atoms in total. The van der Waals surface area contributed by atoms with E-state index >= 15 is 0 Å². The average molecular weight is 617 g/mol. The number of allylic oxidation sites excluding steroid dienone is 3. The topological polar surface area (TPSA) is 125 Å². The van der Waals surface area contributed by atoms with Crippen molar-refractivity contribution in [3.8, 4) is 0 Å². The molecule has 0 saturated heterocycles. The van der Waals surface area contributed by atoms with Crippen LogP contribution < -0.4 is 21.3 Å². The molecule has 0 unspecified atom stereocenters. The van der Waals surface area contributed by atoms with Gasteiger partial charge in [-0.25, -0.2) is 0 Å². The lowest BCUT2D eigenvalue weighted by molar-refractivity contribution is -0.121. The molecular formula is C34H60N6O4. The summed E-state index contributed by atoms with van der Waals surface area (Å²) in [7, 11) is 1.75. The van der Waals surface area contributed by atoms with Crippen LogP contribution in [0, 0.1) is 16.7 Å². The lowest BCUT2D eigenvalue weighted by Gasteiger charge is -2.22. The molecule has 0 radical (unpaired) electrons. The summed E-state index contributed by atoms with van der Waals surface area (Å²) in [4.78, 5) is 23.9. The number of azo groups is 1. The Hall–Kier alpha value is -2.88. The van der Waals surface area contributed by atoms with E-state index in [0.717, 1.165) is 57.2 Å². The third kappa shape index (κ3) is 12.3. The summed E-state index contributed by atoms with van der Waals surface area (Å²) < 4.78 is 11.7. The van der Waals surface area contributed by atoms with Crippen LogP contribution in [0.25, 0.3) is 0 Å². The molecule has 1 fully saturated rings. The highest BCUT2D eigenvalue weighted by molar-refractivity contribution is 5.79. The number of hydrogen-bond donors (Lipinski definition) is 4. The van der Waals surface area contributed by atoms with Crippen LogP contribution in [0.1, 0.15) is 99.3 Å². The van der Waals surface area contributed by atoms with Crippen molar-refractivity contribution < 1.29 is 19.1 Å². The van der Waals surface area contributed by atoms with Crippen molar-refractivity contribution in [1.82, 2.24) is 21.3 Å². The number of fused-ring (bicyclic) bond motifs is 1. The van der Waals surface area contributed by atoms with Crippen molar-refractivity contribution in [2.75, 3.05) is 46.5 Å². The van der Waals surface area contributed by atoms with Gasteiger partial charge in [0, 0.05) is 50.3 Å². The van der Waals surface area contributed by atoms with Crippen molar-refractivity contribution in [2.45, 2.75) is 105 Å². The third-order valence-electron chi connectivity index (χ3n) is 9.32. The Morgan fingerprint density at radius 3 is 2.32 bits per heavy atom. The molecule has 10 heteroatoms. The number of unbranched alkanes of at least 4 members (excludes halogenated alkanes) is 2. The minimum atomic E-state index is -0.275. The van der Waals surface area contributed by atoms with Crippen LogP contribution in [-0.2, 0) is 19.1 Å². The van der Waals surface area contributed by atoms with Crippen LogP contribution in [0.3, 0.4) is 0 Å². The van der Waals surface area contributed by atoms with E-state index in [2.05, 4.69) is 65.4 Å². The van der Waals surface area contributed by atoms with Gasteiger partial charge in [-0.2, -0.15) is 10.2 Å². The van der Waals surface area contributed by atoms with Crippen LogP contribution in [0.2, 0.25) is 0 Å². The molecule has 44 heavy (non-hydrogen) atoms. The first-order valence-corrected chi connectivity index (χ1v) is 16.3. The number of carbonyl (C=O) groups is 2. The second-order valence-corrected chi connectivity index (χ2v) is 13.9. The zero-order chi connectivity index (χ0) is 32.8. The smallest absolute Gasteiger partial charge is 0.239 e. The number of hydrogen-bond acceptors (Lipinski definition) is 8. The normalized spacial score (nSPS) is 24.9. The van der Waals surface area contributed by atoms with Crippen LogP contribution in [0.15, 0.2) is 46.2 Å². The van der Waals surface area contributed by atoms with Gasteiger partial charge in [-0.1, -0.05) is 20.4 Å². The molecule has 3 atom stereocenters. The van der Waals surface area contributed by atoms with Crippen molar-refractivity contribution in [3.63, 3.8) is 0 Å². The Balaban J connectivity index is 1.45. The summed E-state index contributed by atoms with van der Waals surface area (Å²) in [5, 5.41) is 20.4.